The van der Waals surface area contributed by atoms with E-state index < -0.39 is 11.8 Å². The molecule has 2 aromatic rings. The van der Waals surface area contributed by atoms with E-state index in [4.69, 9.17) is 0 Å². The largest absolute Gasteiger partial charge is 0.347 e. The van der Waals surface area contributed by atoms with Gasteiger partial charge in [-0.2, -0.15) is 5.10 Å². The molecule has 0 aromatic carbocycles. The number of carbonyl (C=O) groups is 2. The third-order valence-corrected chi connectivity index (χ3v) is 2.75. The van der Waals surface area contributed by atoms with Crippen LogP contribution in [0.4, 0.5) is 0 Å². The van der Waals surface area contributed by atoms with E-state index in [-0.39, 0.29) is 6.54 Å². The Balaban J connectivity index is 1.96. The number of imide groups is 1. The summed E-state index contributed by atoms with van der Waals surface area (Å²) in [7, 11) is 1.74. The van der Waals surface area contributed by atoms with E-state index in [2.05, 4.69) is 26.3 Å². The highest BCUT2D eigenvalue weighted by Crippen LogP contribution is 2.05. The number of aryl methyl sites for hydroxylation is 1. The molecule has 0 spiro atoms. The number of nitrogens with zero attached hydrogens (tertiary/aromatic N) is 3. The van der Waals surface area contributed by atoms with Crippen molar-refractivity contribution < 1.29 is 9.59 Å². The summed E-state index contributed by atoms with van der Waals surface area (Å²) in [4.78, 5) is 23.4. The SMILES string of the molecule is Cn1cccc1C(=O)NC(=O)Cn1cc(Br)cn1. The van der Waals surface area contributed by atoms with Crippen molar-refractivity contribution in [3.8, 4) is 0 Å². The molecule has 2 aromatic heterocycles. The van der Waals surface area contributed by atoms with Crippen LogP contribution in [0.15, 0.2) is 35.2 Å². The second kappa shape index (κ2) is 5.18. The van der Waals surface area contributed by atoms with Crippen molar-refractivity contribution in [1.29, 1.82) is 0 Å². The molecule has 6 nitrogen and oxygen atoms in total. The standard InChI is InChI=1S/C11H11BrN4O2/c1-15-4-2-3-9(15)11(18)14-10(17)7-16-6-8(12)5-13-16/h2-6H,7H2,1H3,(H,14,17,18). The van der Waals surface area contributed by atoms with Crippen LogP contribution in [0.1, 0.15) is 10.5 Å². The molecule has 18 heavy (non-hydrogen) atoms. The number of carbonyl (C=O) groups excluding carboxylic acids is 2. The van der Waals surface area contributed by atoms with Crippen LogP contribution >= 0.6 is 15.9 Å². The van der Waals surface area contributed by atoms with Crippen LogP contribution in [0.5, 0.6) is 0 Å². The second-order valence-electron chi connectivity index (χ2n) is 3.74. The van der Waals surface area contributed by atoms with Gasteiger partial charge in [0.2, 0.25) is 5.91 Å². The molecular formula is C11H11BrN4O2. The van der Waals surface area contributed by atoms with E-state index in [9.17, 15) is 9.59 Å². The molecule has 0 saturated heterocycles. The Hall–Kier alpha value is -1.89. The van der Waals surface area contributed by atoms with Crippen molar-refractivity contribution in [3.05, 3.63) is 40.9 Å². The fraction of sp³-hybridized carbons (Fsp3) is 0.182. The molecule has 0 atom stereocenters. The summed E-state index contributed by atoms with van der Waals surface area (Å²) in [6, 6.07) is 3.39. The van der Waals surface area contributed by atoms with Crippen LogP contribution in [-0.4, -0.2) is 26.2 Å². The molecule has 2 rings (SSSR count). The molecule has 1 N–H and O–H groups in total. The topological polar surface area (TPSA) is 68.9 Å². The molecule has 7 heteroatoms. The third-order valence-electron chi connectivity index (χ3n) is 2.34. The lowest BCUT2D eigenvalue weighted by Gasteiger charge is -2.05. The molecule has 0 radical (unpaired) electrons. The molecule has 94 valence electrons. The first-order valence-corrected chi connectivity index (χ1v) is 5.99. The number of amides is 2. The van der Waals surface area contributed by atoms with Crippen molar-refractivity contribution in [2.24, 2.45) is 7.05 Å². The summed E-state index contributed by atoms with van der Waals surface area (Å²) in [6.45, 7) is 0.00175. The van der Waals surface area contributed by atoms with E-state index >= 15 is 0 Å². The number of rotatable bonds is 3. The highest BCUT2D eigenvalue weighted by molar-refractivity contribution is 9.10. The van der Waals surface area contributed by atoms with Crippen LogP contribution in [0.3, 0.4) is 0 Å². The van der Waals surface area contributed by atoms with Gasteiger partial charge in [-0.1, -0.05) is 0 Å². The Morgan fingerprint density at radius 1 is 1.50 bits per heavy atom. The van der Waals surface area contributed by atoms with Gasteiger partial charge in [0.05, 0.1) is 10.7 Å². The Morgan fingerprint density at radius 3 is 2.83 bits per heavy atom. The number of nitrogens with one attached hydrogen (secondary N) is 1. The molecule has 2 amide bonds. The van der Waals surface area contributed by atoms with E-state index in [0.29, 0.717) is 5.69 Å². The van der Waals surface area contributed by atoms with E-state index in [1.54, 1.807) is 42.3 Å². The van der Waals surface area contributed by atoms with Crippen LogP contribution < -0.4 is 5.32 Å². The zero-order valence-electron chi connectivity index (χ0n) is 9.63. The molecule has 0 aliphatic carbocycles. The van der Waals surface area contributed by atoms with Crippen molar-refractivity contribution in [2.45, 2.75) is 6.54 Å². The minimum Gasteiger partial charge on any atom is -0.347 e. The van der Waals surface area contributed by atoms with Gasteiger partial charge in [0.1, 0.15) is 12.2 Å². The lowest BCUT2D eigenvalue weighted by atomic mass is 10.4. The van der Waals surface area contributed by atoms with Gasteiger partial charge in [0.15, 0.2) is 0 Å². The highest BCUT2D eigenvalue weighted by atomic mass is 79.9. The van der Waals surface area contributed by atoms with Crippen molar-refractivity contribution in [1.82, 2.24) is 19.7 Å². The maximum Gasteiger partial charge on any atom is 0.274 e. The van der Waals surface area contributed by atoms with Crippen LogP contribution in [0.25, 0.3) is 0 Å². The Labute approximate surface area is 112 Å². The normalized spacial score (nSPS) is 10.3. The molecule has 0 aliphatic heterocycles. The average Bonchev–Trinajstić information content (AvgIpc) is 2.87. The van der Waals surface area contributed by atoms with Gasteiger partial charge in [-0.3, -0.25) is 19.6 Å². The molecule has 0 saturated carbocycles. The first-order valence-electron chi connectivity index (χ1n) is 5.20. The molecule has 0 bridgehead atoms. The Morgan fingerprint density at radius 2 is 2.28 bits per heavy atom. The summed E-state index contributed by atoms with van der Waals surface area (Å²) in [5, 5.41) is 6.24. The molecular weight excluding hydrogens is 300 g/mol. The molecule has 0 aliphatic rings. The summed E-state index contributed by atoms with van der Waals surface area (Å²) >= 11 is 3.23. The third kappa shape index (κ3) is 2.86. The van der Waals surface area contributed by atoms with Crippen molar-refractivity contribution >= 4 is 27.7 Å². The van der Waals surface area contributed by atoms with Gasteiger partial charge >= 0.3 is 0 Å². The minimum atomic E-state index is -0.418. The summed E-state index contributed by atoms with van der Waals surface area (Å²) in [5.41, 5.74) is 0.435. The lowest BCUT2D eigenvalue weighted by Crippen LogP contribution is -2.34. The number of aromatic nitrogens is 3. The fourth-order valence-electron chi connectivity index (χ4n) is 1.50. The molecule has 0 fully saturated rings. The fourth-order valence-corrected chi connectivity index (χ4v) is 1.83. The van der Waals surface area contributed by atoms with Crippen molar-refractivity contribution in [2.75, 3.05) is 0 Å². The van der Waals surface area contributed by atoms with Gasteiger partial charge < -0.3 is 4.57 Å². The zero-order chi connectivity index (χ0) is 13.1. The van der Waals surface area contributed by atoms with E-state index in [1.807, 2.05) is 0 Å². The highest BCUT2D eigenvalue weighted by Gasteiger charge is 2.13. The van der Waals surface area contributed by atoms with E-state index in [0.717, 1.165) is 4.47 Å². The van der Waals surface area contributed by atoms with Gasteiger partial charge in [-0.15, -0.1) is 0 Å². The van der Waals surface area contributed by atoms with Crippen LogP contribution in [0, 0.1) is 0 Å². The number of halogens is 1. The minimum absolute atomic E-state index is 0.00175. The smallest absolute Gasteiger partial charge is 0.274 e. The van der Waals surface area contributed by atoms with Gasteiger partial charge in [0.25, 0.3) is 5.91 Å². The predicted molar refractivity (Wildman–Crippen MR) is 67.8 cm³/mol. The van der Waals surface area contributed by atoms with E-state index in [1.165, 1.54) is 4.68 Å². The first kappa shape index (κ1) is 12.6. The predicted octanol–water partition coefficient (Wildman–Crippen LogP) is 0.941. The summed E-state index contributed by atoms with van der Waals surface area (Å²) < 4.78 is 3.87. The Bertz CT molecular complexity index is 587. The van der Waals surface area contributed by atoms with Gasteiger partial charge in [-0.05, 0) is 28.1 Å². The summed E-state index contributed by atoms with van der Waals surface area (Å²) in [5.74, 6) is -0.824. The molecule has 0 unspecified atom stereocenters. The van der Waals surface area contributed by atoms with Gasteiger partial charge in [-0.25, -0.2) is 0 Å². The van der Waals surface area contributed by atoms with Crippen molar-refractivity contribution in [3.63, 3.8) is 0 Å². The zero-order valence-corrected chi connectivity index (χ0v) is 11.2. The number of hydrogen-bond donors (Lipinski definition) is 1. The average molecular weight is 311 g/mol. The maximum absolute atomic E-state index is 11.7. The number of hydrogen-bond acceptors (Lipinski definition) is 3. The Kier molecular flexibility index (Phi) is 3.61. The maximum atomic E-state index is 11.7. The van der Waals surface area contributed by atoms with Gasteiger partial charge in [0, 0.05) is 19.4 Å². The second-order valence-corrected chi connectivity index (χ2v) is 4.65. The van der Waals surface area contributed by atoms with Crippen LogP contribution in [-0.2, 0) is 18.4 Å². The lowest BCUT2D eigenvalue weighted by molar-refractivity contribution is -0.120. The molecule has 2 heterocycles. The first-order chi connectivity index (χ1) is 8.56. The van der Waals surface area contributed by atoms with Crippen LogP contribution in [0.2, 0.25) is 0 Å². The quantitative estimate of drug-likeness (QED) is 0.917. The summed E-state index contributed by atoms with van der Waals surface area (Å²) in [6.07, 6.45) is 4.98. The monoisotopic (exact) mass is 310 g/mol.